The second-order valence-corrected chi connectivity index (χ2v) is 12.6. The molecule has 10 heteroatoms. The molecule has 37 heavy (non-hydrogen) atoms. The minimum absolute atomic E-state index is 0.00651. The quantitative estimate of drug-likeness (QED) is 0.345. The number of carbonyl (C=O) groups excluding carboxylic acids is 1. The fourth-order valence-corrected chi connectivity index (χ4v) is 7.48. The van der Waals surface area contributed by atoms with Gasteiger partial charge in [-0.3, -0.25) is 14.4 Å². The molecule has 1 fully saturated rings. The normalized spacial score (nSPS) is 15.3. The Labute approximate surface area is 221 Å². The van der Waals surface area contributed by atoms with Crippen LogP contribution in [0.15, 0.2) is 59.8 Å². The van der Waals surface area contributed by atoms with Gasteiger partial charge < -0.3 is 0 Å². The molecule has 0 spiro atoms. The van der Waals surface area contributed by atoms with E-state index in [2.05, 4.69) is 24.2 Å². The molecule has 0 N–H and O–H groups in total. The van der Waals surface area contributed by atoms with E-state index in [1.165, 1.54) is 15.6 Å². The van der Waals surface area contributed by atoms with E-state index in [4.69, 9.17) is 4.98 Å². The number of piperidine rings is 1. The lowest BCUT2D eigenvalue weighted by molar-refractivity contribution is -0.123. The molecule has 1 amide bonds. The fraction of sp³-hybridized carbons (Fsp3) is 0.370. The van der Waals surface area contributed by atoms with Crippen molar-refractivity contribution in [2.45, 2.75) is 45.1 Å². The zero-order valence-corrected chi connectivity index (χ0v) is 22.9. The largest absolute Gasteiger partial charge is 0.286 e. The monoisotopic (exact) mass is 537 g/mol. The van der Waals surface area contributed by atoms with Crippen molar-refractivity contribution in [2.75, 3.05) is 24.5 Å². The smallest absolute Gasteiger partial charge is 0.243 e. The fourth-order valence-electron chi connectivity index (χ4n) is 4.83. The first-order valence-electron chi connectivity index (χ1n) is 12.5. The number of amides is 1. The van der Waals surface area contributed by atoms with Gasteiger partial charge in [0.2, 0.25) is 15.9 Å². The number of hydrogen-bond donors (Lipinski definition) is 0. The maximum atomic E-state index is 13.8. The lowest BCUT2D eigenvalue weighted by Crippen LogP contribution is -2.45. The van der Waals surface area contributed by atoms with Gasteiger partial charge in [0.1, 0.15) is 0 Å². The number of nitrogens with zero attached hydrogens (tertiary/aromatic N) is 5. The molecule has 0 radical (unpaired) electrons. The van der Waals surface area contributed by atoms with Gasteiger partial charge in [-0.2, -0.15) is 9.40 Å². The van der Waals surface area contributed by atoms with Crippen molar-refractivity contribution in [1.29, 1.82) is 0 Å². The number of carbonyl (C=O) groups is 1. The first-order valence-corrected chi connectivity index (χ1v) is 14.7. The summed E-state index contributed by atoms with van der Waals surface area (Å²) in [4.78, 5) is 20.8. The third-order valence-electron chi connectivity index (χ3n) is 6.89. The summed E-state index contributed by atoms with van der Waals surface area (Å²) in [5.74, 6) is -0.273. The van der Waals surface area contributed by atoms with Crippen molar-refractivity contribution in [3.8, 4) is 0 Å². The van der Waals surface area contributed by atoms with Crippen LogP contribution in [0, 0.1) is 26.7 Å². The summed E-state index contributed by atoms with van der Waals surface area (Å²) in [7, 11) is -3.58. The molecule has 2 aromatic carbocycles. The Bertz CT molecular complexity index is 1500. The molecule has 0 bridgehead atoms. The Hall–Kier alpha value is -3.08. The van der Waals surface area contributed by atoms with E-state index in [-0.39, 0.29) is 11.8 Å². The van der Waals surface area contributed by atoms with Crippen molar-refractivity contribution >= 4 is 42.6 Å². The summed E-state index contributed by atoms with van der Waals surface area (Å²) >= 11 is 1.52. The Kier molecular flexibility index (Phi) is 7.15. The maximum Gasteiger partial charge on any atom is 0.243 e. The van der Waals surface area contributed by atoms with Gasteiger partial charge in [-0.15, -0.1) is 0 Å². The Morgan fingerprint density at radius 3 is 2.49 bits per heavy atom. The average Bonchev–Trinajstić information content (AvgIpc) is 3.55. The zero-order chi connectivity index (χ0) is 26.2. The van der Waals surface area contributed by atoms with Gasteiger partial charge in [-0.1, -0.05) is 35.1 Å². The number of thiazole rings is 1. The van der Waals surface area contributed by atoms with Crippen molar-refractivity contribution in [3.05, 3.63) is 71.5 Å². The highest BCUT2D eigenvalue weighted by Gasteiger charge is 2.35. The number of aryl methyl sites for hydroxylation is 3. The van der Waals surface area contributed by atoms with Crippen molar-refractivity contribution in [1.82, 2.24) is 19.1 Å². The second kappa shape index (κ2) is 10.4. The molecule has 5 rings (SSSR count). The number of benzene rings is 2. The van der Waals surface area contributed by atoms with Crippen molar-refractivity contribution in [3.63, 3.8) is 0 Å². The lowest BCUT2D eigenvalue weighted by atomic mass is 9.96. The third kappa shape index (κ3) is 5.32. The summed E-state index contributed by atoms with van der Waals surface area (Å²) in [6.45, 7) is 7.66. The van der Waals surface area contributed by atoms with E-state index in [0.717, 1.165) is 26.9 Å². The number of sulfonamides is 1. The van der Waals surface area contributed by atoms with E-state index >= 15 is 0 Å². The first kappa shape index (κ1) is 25.6. The number of fused-ring (bicyclic) bond motifs is 1. The van der Waals surface area contributed by atoms with Gasteiger partial charge in [-0.25, -0.2) is 13.4 Å². The number of hydrogen-bond acceptors (Lipinski definition) is 6. The zero-order valence-electron chi connectivity index (χ0n) is 21.3. The van der Waals surface area contributed by atoms with Crippen LogP contribution < -0.4 is 4.90 Å². The Morgan fingerprint density at radius 1 is 1.08 bits per heavy atom. The van der Waals surface area contributed by atoms with Crippen LogP contribution in [0.2, 0.25) is 0 Å². The molecule has 1 saturated heterocycles. The standard InChI is InChI=1S/C27H31N5O3S2/c1-19-5-7-23(8-6-19)37(34,35)31-13-9-22(10-14-31)26(33)32(16-15-30-12-4-11-28-30)27-29-25-21(3)17-20(2)18-24(25)36-27/h4-8,11-12,17-18,22H,9-10,13-16H2,1-3H3. The first-order chi connectivity index (χ1) is 17.7. The molecular weight excluding hydrogens is 506 g/mol. The molecule has 0 saturated carbocycles. The van der Waals surface area contributed by atoms with E-state index < -0.39 is 10.0 Å². The van der Waals surface area contributed by atoms with Crippen LogP contribution in [0.5, 0.6) is 0 Å². The molecular formula is C27H31N5O3S2. The van der Waals surface area contributed by atoms with Gasteiger partial charge in [-0.05, 0) is 69.0 Å². The predicted molar refractivity (Wildman–Crippen MR) is 146 cm³/mol. The molecule has 4 aromatic rings. The minimum atomic E-state index is -3.58. The molecule has 2 aromatic heterocycles. The number of rotatable bonds is 7. The highest BCUT2D eigenvalue weighted by atomic mass is 32.2. The van der Waals surface area contributed by atoms with Crippen LogP contribution in [0.25, 0.3) is 10.2 Å². The van der Waals surface area contributed by atoms with Gasteiger partial charge >= 0.3 is 0 Å². The van der Waals surface area contributed by atoms with Gasteiger partial charge in [0.25, 0.3) is 0 Å². The van der Waals surface area contributed by atoms with E-state index in [9.17, 15) is 13.2 Å². The van der Waals surface area contributed by atoms with E-state index in [1.807, 2.05) is 38.2 Å². The summed E-state index contributed by atoms with van der Waals surface area (Å²) in [5, 5.41) is 4.96. The molecule has 3 heterocycles. The molecule has 0 atom stereocenters. The number of aromatic nitrogens is 3. The second-order valence-electron chi connectivity index (χ2n) is 9.68. The van der Waals surface area contributed by atoms with E-state index in [1.54, 1.807) is 27.9 Å². The average molecular weight is 538 g/mol. The molecule has 1 aliphatic heterocycles. The molecule has 0 aliphatic carbocycles. The van der Waals surface area contributed by atoms with Gasteiger partial charge in [0.15, 0.2) is 5.13 Å². The minimum Gasteiger partial charge on any atom is -0.286 e. The van der Waals surface area contributed by atoms with Gasteiger partial charge in [0.05, 0.1) is 21.7 Å². The summed E-state index contributed by atoms with van der Waals surface area (Å²) in [5.41, 5.74) is 4.18. The van der Waals surface area contributed by atoms with Crippen molar-refractivity contribution in [2.24, 2.45) is 5.92 Å². The predicted octanol–water partition coefficient (Wildman–Crippen LogP) is 4.55. The highest BCUT2D eigenvalue weighted by Crippen LogP contribution is 2.34. The van der Waals surface area contributed by atoms with Crippen LogP contribution in [-0.4, -0.2) is 53.0 Å². The lowest BCUT2D eigenvalue weighted by Gasteiger charge is -2.33. The van der Waals surface area contributed by atoms with Crippen molar-refractivity contribution < 1.29 is 13.2 Å². The summed E-state index contributed by atoms with van der Waals surface area (Å²) in [6, 6.07) is 13.0. The van der Waals surface area contributed by atoms with Crippen LogP contribution in [0.4, 0.5) is 5.13 Å². The van der Waals surface area contributed by atoms with Crippen LogP contribution in [-0.2, 0) is 21.4 Å². The van der Waals surface area contributed by atoms with Crippen LogP contribution in [0.1, 0.15) is 29.5 Å². The van der Waals surface area contributed by atoms with Crippen LogP contribution in [0.3, 0.4) is 0 Å². The molecule has 194 valence electrons. The van der Waals surface area contributed by atoms with Crippen LogP contribution >= 0.6 is 11.3 Å². The Balaban J connectivity index is 1.35. The summed E-state index contributed by atoms with van der Waals surface area (Å²) in [6.07, 6.45) is 4.56. The van der Waals surface area contributed by atoms with Gasteiger partial charge in [0, 0.05) is 37.9 Å². The van der Waals surface area contributed by atoms with E-state index in [0.29, 0.717) is 49.0 Å². The molecule has 0 unspecified atom stereocenters. The third-order valence-corrected chi connectivity index (χ3v) is 9.83. The summed E-state index contributed by atoms with van der Waals surface area (Å²) < 4.78 is 30.6. The molecule has 8 nitrogen and oxygen atoms in total. The highest BCUT2D eigenvalue weighted by molar-refractivity contribution is 7.89. The SMILES string of the molecule is Cc1ccc(S(=O)(=O)N2CCC(C(=O)N(CCn3cccn3)c3nc4c(C)cc(C)cc4s3)CC2)cc1. The number of anilines is 1. The topological polar surface area (TPSA) is 88.4 Å². The maximum absolute atomic E-state index is 13.8. The molecule has 1 aliphatic rings. The Morgan fingerprint density at radius 2 is 1.81 bits per heavy atom.